The molecule has 4 amide bonds. The molecule has 15 heteroatoms. The molecule has 11 N–H and O–H groups in total. The van der Waals surface area contributed by atoms with E-state index in [2.05, 4.69) is 16.0 Å². The fourth-order valence-electron chi connectivity index (χ4n) is 3.26. The molecule has 0 aliphatic rings. The fraction of sp³-hybridized carbons (Fsp3) is 0.478. The number of primary amides is 1. The van der Waals surface area contributed by atoms with Gasteiger partial charge < -0.3 is 47.8 Å². The molecule has 0 radical (unpaired) electrons. The maximum absolute atomic E-state index is 12.9. The molecule has 15 nitrogen and oxygen atoms in total. The Labute approximate surface area is 217 Å². The summed E-state index contributed by atoms with van der Waals surface area (Å²) in [5, 5.41) is 44.0. The number of carboxylic acid groups (broad SMARTS) is 2. The lowest BCUT2D eigenvalue weighted by atomic mass is 10.0. The van der Waals surface area contributed by atoms with Crippen molar-refractivity contribution in [1.82, 2.24) is 16.0 Å². The van der Waals surface area contributed by atoms with Crippen LogP contribution in [0.5, 0.6) is 5.75 Å². The van der Waals surface area contributed by atoms with Crippen molar-refractivity contribution in [2.75, 3.05) is 0 Å². The lowest BCUT2D eigenvalue weighted by Crippen LogP contribution is -2.60. The van der Waals surface area contributed by atoms with Gasteiger partial charge in [-0.25, -0.2) is 4.79 Å². The van der Waals surface area contributed by atoms with Crippen LogP contribution in [0.4, 0.5) is 0 Å². The monoisotopic (exact) mass is 539 g/mol. The summed E-state index contributed by atoms with van der Waals surface area (Å²) >= 11 is 0. The van der Waals surface area contributed by atoms with E-state index in [1.54, 1.807) is 12.1 Å². The molecular formula is C23H33N5O10. The highest BCUT2D eigenvalue weighted by atomic mass is 16.4. The second-order valence-corrected chi connectivity index (χ2v) is 8.60. The van der Waals surface area contributed by atoms with E-state index in [1.807, 2.05) is 0 Å². The molecule has 0 spiro atoms. The molecule has 0 bridgehead atoms. The van der Waals surface area contributed by atoms with Gasteiger partial charge in [-0.15, -0.1) is 0 Å². The number of carboxylic acids is 2. The summed E-state index contributed by atoms with van der Waals surface area (Å²) in [5.41, 5.74) is 11.7. The topological polar surface area (TPSA) is 271 Å². The van der Waals surface area contributed by atoms with Crippen molar-refractivity contribution >= 4 is 35.6 Å². The molecule has 1 aromatic rings. The molecule has 0 aliphatic heterocycles. The number of amides is 4. The van der Waals surface area contributed by atoms with Crippen LogP contribution in [-0.2, 0) is 35.2 Å². The Bertz CT molecular complexity index is 1010. The standard InChI is InChI=1S/C23H33N5O10/c1-11(29)19(22(36)27-16(23(37)38)7-9-18(32)33)28-21(35)15(6-8-17(25)31)26-20(34)14(24)10-12-2-4-13(30)5-3-12/h2-5,11,14-16,19,29-30H,6-10,24H2,1H3,(H2,25,31)(H,26,34)(H,27,36)(H,28,35)(H,32,33)(H,37,38). The van der Waals surface area contributed by atoms with Crippen LogP contribution in [0.2, 0.25) is 0 Å². The Kier molecular flexibility index (Phi) is 12.6. The second kappa shape index (κ2) is 15.1. The van der Waals surface area contributed by atoms with Crippen LogP contribution in [0.3, 0.4) is 0 Å². The third kappa shape index (κ3) is 11.2. The van der Waals surface area contributed by atoms with E-state index in [0.717, 1.165) is 6.92 Å². The Morgan fingerprint density at radius 2 is 1.39 bits per heavy atom. The van der Waals surface area contributed by atoms with Gasteiger partial charge in [-0.05, 0) is 43.9 Å². The van der Waals surface area contributed by atoms with Crippen molar-refractivity contribution in [1.29, 1.82) is 0 Å². The molecule has 0 saturated carbocycles. The van der Waals surface area contributed by atoms with Crippen LogP contribution in [0.1, 0.15) is 38.2 Å². The van der Waals surface area contributed by atoms with Crippen molar-refractivity contribution < 1.29 is 49.2 Å². The zero-order valence-electron chi connectivity index (χ0n) is 20.6. The number of benzene rings is 1. The van der Waals surface area contributed by atoms with Crippen molar-refractivity contribution in [2.24, 2.45) is 11.5 Å². The van der Waals surface area contributed by atoms with Crippen LogP contribution in [0, 0.1) is 0 Å². The Morgan fingerprint density at radius 1 is 0.842 bits per heavy atom. The third-order valence-corrected chi connectivity index (χ3v) is 5.37. The van der Waals surface area contributed by atoms with Gasteiger partial charge in [0.05, 0.1) is 12.1 Å². The number of aromatic hydroxyl groups is 1. The zero-order chi connectivity index (χ0) is 29.0. The molecule has 0 fully saturated rings. The predicted molar refractivity (Wildman–Crippen MR) is 130 cm³/mol. The van der Waals surface area contributed by atoms with Crippen molar-refractivity contribution in [3.8, 4) is 5.75 Å². The van der Waals surface area contributed by atoms with E-state index < -0.39 is 78.7 Å². The molecule has 38 heavy (non-hydrogen) atoms. The molecule has 210 valence electrons. The number of phenols is 1. The van der Waals surface area contributed by atoms with Gasteiger partial charge in [0.1, 0.15) is 23.9 Å². The molecule has 1 rings (SSSR count). The highest BCUT2D eigenvalue weighted by molar-refractivity contribution is 5.94. The highest BCUT2D eigenvalue weighted by Gasteiger charge is 2.33. The molecule has 1 aromatic carbocycles. The number of aliphatic hydroxyl groups is 1. The van der Waals surface area contributed by atoms with Gasteiger partial charge in [0.2, 0.25) is 23.6 Å². The number of carbonyl (C=O) groups is 6. The second-order valence-electron chi connectivity index (χ2n) is 8.60. The number of carbonyl (C=O) groups excluding carboxylic acids is 4. The summed E-state index contributed by atoms with van der Waals surface area (Å²) in [6.45, 7) is 1.14. The van der Waals surface area contributed by atoms with Crippen LogP contribution >= 0.6 is 0 Å². The van der Waals surface area contributed by atoms with Gasteiger partial charge in [-0.2, -0.15) is 0 Å². The van der Waals surface area contributed by atoms with E-state index in [4.69, 9.17) is 16.6 Å². The van der Waals surface area contributed by atoms with Crippen LogP contribution in [0.15, 0.2) is 24.3 Å². The summed E-state index contributed by atoms with van der Waals surface area (Å²) in [7, 11) is 0. The first-order valence-electron chi connectivity index (χ1n) is 11.6. The number of nitrogens with two attached hydrogens (primary N) is 2. The van der Waals surface area contributed by atoms with Crippen molar-refractivity contribution in [3.05, 3.63) is 29.8 Å². The largest absolute Gasteiger partial charge is 0.508 e. The first kappa shape index (κ1) is 31.8. The van der Waals surface area contributed by atoms with Crippen LogP contribution < -0.4 is 27.4 Å². The zero-order valence-corrected chi connectivity index (χ0v) is 20.6. The number of aliphatic carboxylic acids is 2. The fourth-order valence-corrected chi connectivity index (χ4v) is 3.26. The Hall–Kier alpha value is -4.24. The molecule has 5 atom stereocenters. The van der Waals surface area contributed by atoms with Gasteiger partial charge in [-0.3, -0.25) is 24.0 Å². The maximum atomic E-state index is 12.9. The first-order chi connectivity index (χ1) is 17.7. The molecule has 0 heterocycles. The average molecular weight is 540 g/mol. The molecule has 0 aromatic heterocycles. The predicted octanol–water partition coefficient (Wildman–Crippen LogP) is -2.69. The number of phenolic OH excluding ortho intramolecular Hbond substituents is 1. The minimum absolute atomic E-state index is 0.0169. The van der Waals surface area contributed by atoms with E-state index in [1.165, 1.54) is 12.1 Å². The quantitative estimate of drug-likeness (QED) is 0.104. The lowest BCUT2D eigenvalue weighted by Gasteiger charge is -2.26. The summed E-state index contributed by atoms with van der Waals surface area (Å²) in [6.07, 6.45) is -3.10. The van der Waals surface area contributed by atoms with Crippen LogP contribution in [-0.4, -0.2) is 86.3 Å². The van der Waals surface area contributed by atoms with Gasteiger partial charge in [0, 0.05) is 12.8 Å². The molecule has 0 saturated heterocycles. The van der Waals surface area contributed by atoms with E-state index in [0.29, 0.717) is 5.56 Å². The van der Waals surface area contributed by atoms with Gasteiger partial charge in [-0.1, -0.05) is 12.1 Å². The van der Waals surface area contributed by atoms with Crippen molar-refractivity contribution in [2.45, 2.75) is 69.3 Å². The van der Waals surface area contributed by atoms with E-state index in [-0.39, 0.29) is 25.0 Å². The summed E-state index contributed by atoms with van der Waals surface area (Å²) < 4.78 is 0. The Morgan fingerprint density at radius 3 is 1.89 bits per heavy atom. The van der Waals surface area contributed by atoms with Gasteiger partial charge in [0.15, 0.2) is 0 Å². The number of rotatable bonds is 16. The molecular weight excluding hydrogens is 506 g/mol. The van der Waals surface area contributed by atoms with E-state index in [9.17, 15) is 44.1 Å². The number of hydrogen-bond donors (Lipinski definition) is 9. The number of hydrogen-bond acceptors (Lipinski definition) is 9. The molecule has 0 aliphatic carbocycles. The van der Waals surface area contributed by atoms with Gasteiger partial charge >= 0.3 is 11.9 Å². The minimum Gasteiger partial charge on any atom is -0.508 e. The lowest BCUT2D eigenvalue weighted by molar-refractivity contribution is -0.144. The smallest absolute Gasteiger partial charge is 0.326 e. The highest BCUT2D eigenvalue weighted by Crippen LogP contribution is 2.11. The van der Waals surface area contributed by atoms with Gasteiger partial charge in [0.25, 0.3) is 0 Å². The molecule has 5 unspecified atom stereocenters. The van der Waals surface area contributed by atoms with Crippen LogP contribution in [0.25, 0.3) is 0 Å². The Balaban J connectivity index is 2.96. The first-order valence-corrected chi connectivity index (χ1v) is 11.6. The normalized spacial score (nSPS) is 14.7. The third-order valence-electron chi connectivity index (χ3n) is 5.37. The van der Waals surface area contributed by atoms with E-state index >= 15 is 0 Å². The summed E-state index contributed by atoms with van der Waals surface area (Å²) in [6, 6.07) is 0.0654. The number of aliphatic hydroxyl groups excluding tert-OH is 1. The minimum atomic E-state index is -1.69. The number of nitrogens with one attached hydrogen (secondary N) is 3. The SMILES string of the molecule is CC(O)C(NC(=O)C(CCC(N)=O)NC(=O)C(N)Cc1ccc(O)cc1)C(=O)NC(CCC(=O)O)C(=O)O. The van der Waals surface area contributed by atoms with Crippen molar-refractivity contribution in [3.63, 3.8) is 0 Å². The average Bonchev–Trinajstić information content (AvgIpc) is 2.82. The summed E-state index contributed by atoms with van der Waals surface area (Å²) in [5.74, 6) is -6.46. The maximum Gasteiger partial charge on any atom is 0.326 e. The summed E-state index contributed by atoms with van der Waals surface area (Å²) in [4.78, 5) is 71.6.